The van der Waals surface area contributed by atoms with E-state index >= 15 is 0 Å². The quantitative estimate of drug-likeness (QED) is 0.227. The first-order valence-corrected chi connectivity index (χ1v) is 14.6. The second kappa shape index (κ2) is 12.5. The molecular weight excluding hydrogens is 609 g/mol. The summed E-state index contributed by atoms with van der Waals surface area (Å²) >= 11 is 13.5. The molecular formula is C27H31Cl2F4N3O4S. The van der Waals surface area contributed by atoms with Crippen molar-refractivity contribution in [2.45, 2.75) is 70.3 Å². The van der Waals surface area contributed by atoms with Crippen LogP contribution >= 0.6 is 35.0 Å². The number of amides is 1. The topological polar surface area (TPSA) is 92.5 Å². The molecule has 0 spiro atoms. The van der Waals surface area contributed by atoms with Crippen LogP contribution in [-0.4, -0.2) is 61.0 Å². The molecule has 1 heterocycles. The number of benzene rings is 1. The van der Waals surface area contributed by atoms with E-state index in [9.17, 15) is 37.1 Å². The fourth-order valence-corrected chi connectivity index (χ4v) is 6.32. The van der Waals surface area contributed by atoms with Crippen molar-refractivity contribution in [2.75, 3.05) is 18.8 Å². The van der Waals surface area contributed by atoms with E-state index < -0.39 is 58.9 Å². The van der Waals surface area contributed by atoms with Crippen LogP contribution in [0, 0.1) is 11.2 Å². The van der Waals surface area contributed by atoms with Gasteiger partial charge < -0.3 is 10.0 Å². The van der Waals surface area contributed by atoms with Gasteiger partial charge in [0, 0.05) is 17.0 Å². The van der Waals surface area contributed by atoms with Gasteiger partial charge in [0.15, 0.2) is 11.5 Å². The van der Waals surface area contributed by atoms with Gasteiger partial charge in [0.1, 0.15) is 5.82 Å². The number of carboxylic acid groups (broad SMARTS) is 1. The summed E-state index contributed by atoms with van der Waals surface area (Å²) in [6.45, 7) is 6.61. The highest BCUT2D eigenvalue weighted by Crippen LogP contribution is 2.43. The van der Waals surface area contributed by atoms with Gasteiger partial charge >= 0.3 is 12.1 Å². The number of hydrogen-bond acceptors (Lipinski definition) is 5. The fourth-order valence-electron chi connectivity index (χ4n) is 4.72. The molecule has 0 aliphatic heterocycles. The molecule has 0 atom stereocenters. The average molecular weight is 641 g/mol. The molecule has 3 rings (SSSR count). The number of alkyl halides is 3. The summed E-state index contributed by atoms with van der Waals surface area (Å²) in [5.74, 6) is -3.32. The zero-order valence-electron chi connectivity index (χ0n) is 22.9. The summed E-state index contributed by atoms with van der Waals surface area (Å²) in [5.41, 5.74) is -3.28. The highest BCUT2D eigenvalue weighted by atomic mass is 35.5. The molecule has 1 aromatic carbocycles. The largest absolute Gasteiger partial charge is 0.481 e. The second-order valence-corrected chi connectivity index (χ2v) is 14.0. The molecule has 1 fully saturated rings. The second-order valence-electron chi connectivity index (χ2n) is 11.3. The summed E-state index contributed by atoms with van der Waals surface area (Å²) in [7, 11) is 0. The minimum atomic E-state index is -4.96. The summed E-state index contributed by atoms with van der Waals surface area (Å²) in [5, 5.41) is 12.8. The van der Waals surface area contributed by atoms with Crippen molar-refractivity contribution in [1.29, 1.82) is 0 Å². The molecule has 14 heteroatoms. The highest BCUT2D eigenvalue weighted by molar-refractivity contribution is 8.00. The van der Waals surface area contributed by atoms with Gasteiger partial charge in [-0.15, -0.1) is 0 Å². The number of nitrogens with zero attached hydrogens (tertiary/aromatic N) is 3. The van der Waals surface area contributed by atoms with Crippen LogP contribution in [0.5, 0.6) is 0 Å². The van der Waals surface area contributed by atoms with Crippen LogP contribution in [0.2, 0.25) is 10.0 Å². The number of hydrogen-bond donors (Lipinski definition) is 1. The summed E-state index contributed by atoms with van der Waals surface area (Å²) in [4.78, 5) is 39.4. The number of Topliss-reactive ketones (excluding diaryl/α,β-unsaturated/α-hetero) is 1. The van der Waals surface area contributed by atoms with E-state index in [-0.39, 0.29) is 52.6 Å². The van der Waals surface area contributed by atoms with Gasteiger partial charge in [-0.3, -0.25) is 19.1 Å². The van der Waals surface area contributed by atoms with Gasteiger partial charge in [0.05, 0.1) is 45.4 Å². The van der Waals surface area contributed by atoms with Crippen LogP contribution in [0.25, 0.3) is 0 Å². The Balaban J connectivity index is 1.96. The molecule has 1 aromatic heterocycles. The SMILES string of the molecule is CC(C)(C)SCCN(CC(=O)c1c(Cl)cc(F)cc1Cl)C(=O)c1cnn(C2CCC(C)(C(=O)O)CC2)c1C(F)(F)F. The molecule has 1 N–H and O–H groups in total. The lowest BCUT2D eigenvalue weighted by Gasteiger charge is -2.34. The smallest absolute Gasteiger partial charge is 0.433 e. The van der Waals surface area contributed by atoms with Crippen molar-refractivity contribution < 1.29 is 37.1 Å². The Labute approximate surface area is 249 Å². The standard InChI is InChI=1S/C27H31Cl2F4N3O4S/c1-25(2,3)41-10-9-35(14-20(37)21-18(28)11-15(30)12-19(21)29)23(38)17-13-34-36(22(17)27(31,32)33)16-5-7-26(4,8-6-16)24(39)40/h11-13,16H,5-10,14H2,1-4H3,(H,39,40). The number of rotatable bonds is 9. The van der Waals surface area contributed by atoms with Crippen molar-refractivity contribution in [3.05, 3.63) is 51.0 Å². The molecule has 41 heavy (non-hydrogen) atoms. The summed E-state index contributed by atoms with van der Waals surface area (Å²) in [6, 6.07) is 1.00. The lowest BCUT2D eigenvalue weighted by molar-refractivity contribution is -0.152. The molecule has 1 saturated carbocycles. The van der Waals surface area contributed by atoms with Crippen LogP contribution < -0.4 is 0 Å². The van der Waals surface area contributed by atoms with E-state index in [0.29, 0.717) is 5.75 Å². The molecule has 226 valence electrons. The summed E-state index contributed by atoms with van der Waals surface area (Å²) < 4.78 is 57.4. The maximum absolute atomic E-state index is 14.4. The van der Waals surface area contributed by atoms with Gasteiger partial charge in [-0.05, 0) is 44.7 Å². The highest BCUT2D eigenvalue weighted by Gasteiger charge is 2.45. The van der Waals surface area contributed by atoms with E-state index in [2.05, 4.69) is 5.10 Å². The predicted molar refractivity (Wildman–Crippen MR) is 149 cm³/mol. The maximum atomic E-state index is 14.4. The number of carboxylic acids is 1. The zero-order valence-corrected chi connectivity index (χ0v) is 25.3. The van der Waals surface area contributed by atoms with Crippen molar-refractivity contribution in [1.82, 2.24) is 14.7 Å². The lowest BCUT2D eigenvalue weighted by atomic mass is 9.74. The van der Waals surface area contributed by atoms with E-state index in [1.165, 1.54) is 11.8 Å². The minimum Gasteiger partial charge on any atom is -0.481 e. The molecule has 1 amide bonds. The Morgan fingerprint density at radius 3 is 2.20 bits per heavy atom. The van der Waals surface area contributed by atoms with Crippen molar-refractivity contribution in [3.8, 4) is 0 Å². The van der Waals surface area contributed by atoms with Gasteiger partial charge in [-0.2, -0.15) is 30.0 Å². The third-order valence-corrected chi connectivity index (χ3v) is 8.87. The molecule has 0 radical (unpaired) electrons. The molecule has 7 nitrogen and oxygen atoms in total. The Kier molecular flexibility index (Phi) is 10.1. The zero-order chi connectivity index (χ0) is 30.9. The maximum Gasteiger partial charge on any atom is 0.433 e. The summed E-state index contributed by atoms with van der Waals surface area (Å²) in [6.07, 6.45) is -3.56. The normalized spacial score (nSPS) is 19.7. The molecule has 0 bridgehead atoms. The number of aliphatic carboxylic acids is 1. The van der Waals surface area contributed by atoms with Crippen LogP contribution in [0.3, 0.4) is 0 Å². The number of carbonyl (C=O) groups is 3. The van der Waals surface area contributed by atoms with Gasteiger partial charge in [0.25, 0.3) is 5.91 Å². The fraction of sp³-hybridized carbons (Fsp3) is 0.556. The van der Waals surface area contributed by atoms with Crippen LogP contribution in [0.4, 0.5) is 17.6 Å². The third-order valence-electron chi connectivity index (χ3n) is 7.02. The Morgan fingerprint density at radius 1 is 1.15 bits per heavy atom. The van der Waals surface area contributed by atoms with E-state index in [0.717, 1.165) is 27.9 Å². The van der Waals surface area contributed by atoms with Gasteiger partial charge in [-0.25, -0.2) is 4.39 Å². The predicted octanol–water partition coefficient (Wildman–Crippen LogP) is 7.41. The monoisotopic (exact) mass is 639 g/mol. The lowest BCUT2D eigenvalue weighted by Crippen LogP contribution is -2.39. The number of halogens is 6. The molecule has 0 unspecified atom stereocenters. The first kappa shape index (κ1) is 33.2. The molecule has 1 aliphatic carbocycles. The van der Waals surface area contributed by atoms with Crippen molar-refractivity contribution >= 4 is 52.6 Å². The number of aromatic nitrogens is 2. The molecule has 1 aliphatic rings. The van der Waals surface area contributed by atoms with E-state index in [4.69, 9.17) is 23.2 Å². The van der Waals surface area contributed by atoms with Gasteiger partial charge in [-0.1, -0.05) is 44.0 Å². The third kappa shape index (κ3) is 7.95. The first-order valence-electron chi connectivity index (χ1n) is 12.8. The molecule has 2 aromatic rings. The minimum absolute atomic E-state index is 0.0776. The van der Waals surface area contributed by atoms with Crippen LogP contribution in [0.1, 0.15) is 85.8 Å². The number of thioether (sulfide) groups is 1. The average Bonchev–Trinajstić information content (AvgIpc) is 3.28. The van der Waals surface area contributed by atoms with Gasteiger partial charge in [0.2, 0.25) is 0 Å². The number of carbonyl (C=O) groups excluding carboxylic acids is 2. The van der Waals surface area contributed by atoms with Crippen molar-refractivity contribution in [2.24, 2.45) is 5.41 Å². The Bertz CT molecular complexity index is 1300. The molecule has 0 saturated heterocycles. The Hall–Kier alpha value is -2.31. The van der Waals surface area contributed by atoms with E-state index in [1.807, 2.05) is 20.8 Å². The number of ketones is 1. The van der Waals surface area contributed by atoms with Crippen molar-refractivity contribution in [3.63, 3.8) is 0 Å². The first-order chi connectivity index (χ1) is 18.8. The van der Waals surface area contributed by atoms with Crippen LogP contribution in [0.15, 0.2) is 18.3 Å². The van der Waals surface area contributed by atoms with E-state index in [1.54, 1.807) is 6.92 Å². The van der Waals surface area contributed by atoms with Crippen LogP contribution in [-0.2, 0) is 11.0 Å². The Morgan fingerprint density at radius 2 is 1.71 bits per heavy atom.